The Morgan fingerprint density at radius 1 is 1.26 bits per heavy atom. The van der Waals surface area contributed by atoms with E-state index in [-0.39, 0.29) is 11.6 Å². The van der Waals surface area contributed by atoms with Gasteiger partial charge in [-0.3, -0.25) is 9.59 Å². The molecule has 2 amide bonds. The molecule has 1 heterocycles. The number of hydrogen-bond acceptors (Lipinski definition) is 6. The monoisotopic (exact) mass is 478 g/mol. The van der Waals surface area contributed by atoms with E-state index >= 15 is 0 Å². The standard InChI is InChI=1S/C24H24N4O5.C2H6/c1-25-23(31)17-8-10-21-20(14-17)22(24(32)33-3)26-28(21)18-6-4-5-16(13-18)7-9-19(30)11-12-27(2)15-29;1-2/h4-6,8,10,13-15,19,30H,11-12H2,1-3H3,(H,25,31);1-2H3. The number of fused-ring (bicyclic) bond motifs is 1. The smallest absolute Gasteiger partial charge is 0.359 e. The van der Waals surface area contributed by atoms with Crippen molar-refractivity contribution in [3.05, 3.63) is 59.3 Å². The van der Waals surface area contributed by atoms with Crippen molar-refractivity contribution >= 4 is 29.2 Å². The quantitative estimate of drug-likeness (QED) is 0.306. The SMILES string of the molecule is CC.CNC(=O)c1ccc2c(c1)c(C(=O)OC)nn2-c1cccc(C#CC(O)CCN(C)C=O)c1. The van der Waals surface area contributed by atoms with Crippen molar-refractivity contribution in [2.45, 2.75) is 26.4 Å². The van der Waals surface area contributed by atoms with Crippen LogP contribution in [0, 0.1) is 11.8 Å². The third-order valence-electron chi connectivity index (χ3n) is 4.96. The average molecular weight is 479 g/mol. The van der Waals surface area contributed by atoms with Crippen LogP contribution in [0.4, 0.5) is 0 Å². The summed E-state index contributed by atoms with van der Waals surface area (Å²) in [5, 5.41) is 17.5. The van der Waals surface area contributed by atoms with Crippen LogP contribution in [0.25, 0.3) is 16.6 Å². The van der Waals surface area contributed by atoms with Gasteiger partial charge in [0.1, 0.15) is 6.10 Å². The van der Waals surface area contributed by atoms with E-state index in [0.717, 1.165) is 0 Å². The van der Waals surface area contributed by atoms with Crippen molar-refractivity contribution in [3.63, 3.8) is 0 Å². The second-order valence-electron chi connectivity index (χ2n) is 7.27. The van der Waals surface area contributed by atoms with Gasteiger partial charge < -0.3 is 20.1 Å². The van der Waals surface area contributed by atoms with E-state index in [1.54, 1.807) is 54.2 Å². The molecule has 0 fully saturated rings. The Kier molecular flexibility index (Phi) is 9.99. The molecule has 184 valence electrons. The van der Waals surface area contributed by atoms with Crippen molar-refractivity contribution < 1.29 is 24.2 Å². The molecule has 0 bridgehead atoms. The van der Waals surface area contributed by atoms with Crippen LogP contribution in [0.1, 0.15) is 46.7 Å². The van der Waals surface area contributed by atoms with Gasteiger partial charge in [-0.15, -0.1) is 0 Å². The number of amides is 2. The zero-order valence-electron chi connectivity index (χ0n) is 20.5. The first kappa shape index (κ1) is 27.1. The van der Waals surface area contributed by atoms with Crippen molar-refractivity contribution in [1.29, 1.82) is 0 Å². The van der Waals surface area contributed by atoms with Gasteiger partial charge in [0.05, 0.1) is 18.3 Å². The van der Waals surface area contributed by atoms with Gasteiger partial charge >= 0.3 is 5.97 Å². The van der Waals surface area contributed by atoms with Gasteiger partial charge in [-0.2, -0.15) is 5.10 Å². The third-order valence-corrected chi connectivity index (χ3v) is 4.96. The summed E-state index contributed by atoms with van der Waals surface area (Å²) in [6.45, 7) is 4.40. The first-order chi connectivity index (χ1) is 16.9. The highest BCUT2D eigenvalue weighted by atomic mass is 16.5. The van der Waals surface area contributed by atoms with Crippen molar-refractivity contribution in [2.75, 3.05) is 27.7 Å². The summed E-state index contributed by atoms with van der Waals surface area (Å²) in [7, 11) is 4.43. The Morgan fingerprint density at radius 3 is 2.66 bits per heavy atom. The summed E-state index contributed by atoms with van der Waals surface area (Å²) < 4.78 is 6.45. The van der Waals surface area contributed by atoms with E-state index in [2.05, 4.69) is 22.3 Å². The van der Waals surface area contributed by atoms with Gasteiger partial charge in [0.25, 0.3) is 5.91 Å². The largest absolute Gasteiger partial charge is 0.464 e. The number of hydrogen-bond donors (Lipinski definition) is 2. The molecule has 0 aliphatic heterocycles. The van der Waals surface area contributed by atoms with Crippen molar-refractivity contribution in [1.82, 2.24) is 20.0 Å². The number of methoxy groups -OCH3 is 1. The van der Waals surface area contributed by atoms with Crippen LogP contribution in [0.2, 0.25) is 0 Å². The summed E-state index contributed by atoms with van der Waals surface area (Å²) >= 11 is 0. The Bertz CT molecular complexity index is 1260. The van der Waals surface area contributed by atoms with Gasteiger partial charge in [0.2, 0.25) is 6.41 Å². The maximum Gasteiger partial charge on any atom is 0.359 e. The zero-order valence-corrected chi connectivity index (χ0v) is 20.5. The summed E-state index contributed by atoms with van der Waals surface area (Å²) in [4.78, 5) is 36.4. The molecule has 2 N–H and O–H groups in total. The number of carbonyl (C=O) groups excluding carboxylic acids is 3. The molecule has 1 aromatic heterocycles. The second kappa shape index (κ2) is 12.9. The van der Waals surface area contributed by atoms with Crippen LogP contribution >= 0.6 is 0 Å². The molecule has 0 aliphatic rings. The van der Waals surface area contributed by atoms with E-state index in [9.17, 15) is 19.5 Å². The van der Waals surface area contributed by atoms with Crippen LogP contribution in [0.5, 0.6) is 0 Å². The maximum absolute atomic E-state index is 12.3. The summed E-state index contributed by atoms with van der Waals surface area (Å²) in [5.74, 6) is 4.79. The zero-order chi connectivity index (χ0) is 26.0. The molecular formula is C26H30N4O5. The van der Waals surface area contributed by atoms with E-state index in [1.807, 2.05) is 13.8 Å². The van der Waals surface area contributed by atoms with Gasteiger partial charge in [-0.1, -0.05) is 31.8 Å². The van der Waals surface area contributed by atoms with Gasteiger partial charge in [0.15, 0.2) is 5.69 Å². The molecule has 2 aromatic carbocycles. The predicted octanol–water partition coefficient (Wildman–Crippen LogP) is 2.39. The number of nitrogens with zero attached hydrogens (tertiary/aromatic N) is 3. The van der Waals surface area contributed by atoms with Gasteiger partial charge in [-0.25, -0.2) is 9.48 Å². The molecule has 0 radical (unpaired) electrons. The van der Waals surface area contributed by atoms with Crippen molar-refractivity contribution in [2.24, 2.45) is 0 Å². The minimum Gasteiger partial charge on any atom is -0.464 e. The summed E-state index contributed by atoms with van der Waals surface area (Å²) in [6.07, 6.45) is 0.149. The lowest BCUT2D eigenvalue weighted by molar-refractivity contribution is -0.117. The maximum atomic E-state index is 12.3. The van der Waals surface area contributed by atoms with E-state index in [4.69, 9.17) is 4.74 Å². The van der Waals surface area contributed by atoms with Crippen LogP contribution in [-0.4, -0.2) is 71.9 Å². The lowest BCUT2D eigenvalue weighted by Crippen LogP contribution is -2.21. The summed E-state index contributed by atoms with van der Waals surface area (Å²) in [6, 6.07) is 12.1. The van der Waals surface area contributed by atoms with Crippen LogP contribution in [0.3, 0.4) is 0 Å². The fourth-order valence-electron chi connectivity index (χ4n) is 3.18. The number of aromatic nitrogens is 2. The fourth-order valence-corrected chi connectivity index (χ4v) is 3.18. The molecule has 1 unspecified atom stereocenters. The highest BCUT2D eigenvalue weighted by Crippen LogP contribution is 2.25. The highest BCUT2D eigenvalue weighted by molar-refractivity contribution is 6.05. The second-order valence-corrected chi connectivity index (χ2v) is 7.27. The molecule has 0 spiro atoms. The topological polar surface area (TPSA) is 114 Å². The molecule has 35 heavy (non-hydrogen) atoms. The van der Waals surface area contributed by atoms with Crippen molar-refractivity contribution in [3.8, 4) is 17.5 Å². The molecule has 0 saturated carbocycles. The molecule has 9 heteroatoms. The number of ether oxygens (including phenoxy) is 1. The Morgan fingerprint density at radius 2 is 2.00 bits per heavy atom. The number of aliphatic hydroxyl groups is 1. The molecule has 3 aromatic rings. The number of benzene rings is 2. The fraction of sp³-hybridized carbons (Fsp3) is 0.308. The van der Waals surface area contributed by atoms with E-state index in [0.29, 0.717) is 47.1 Å². The Balaban J connectivity index is 0.00000210. The van der Waals surface area contributed by atoms with E-state index < -0.39 is 12.1 Å². The number of nitrogens with one attached hydrogen (secondary N) is 1. The molecule has 0 saturated heterocycles. The van der Waals surface area contributed by atoms with Crippen LogP contribution < -0.4 is 5.32 Å². The normalized spacial score (nSPS) is 10.8. The molecule has 3 rings (SSSR count). The first-order valence-electron chi connectivity index (χ1n) is 11.2. The number of rotatable bonds is 7. The number of carbonyl (C=O) groups is 3. The van der Waals surface area contributed by atoms with Gasteiger partial charge in [-0.05, 0) is 36.4 Å². The minimum absolute atomic E-state index is 0.0875. The Labute approximate surface area is 204 Å². The lowest BCUT2D eigenvalue weighted by Gasteiger charge is -2.10. The van der Waals surface area contributed by atoms with Crippen LogP contribution in [0.15, 0.2) is 42.5 Å². The highest BCUT2D eigenvalue weighted by Gasteiger charge is 2.20. The van der Waals surface area contributed by atoms with E-state index in [1.165, 1.54) is 19.1 Å². The summed E-state index contributed by atoms with van der Waals surface area (Å²) in [5.41, 5.74) is 2.38. The predicted molar refractivity (Wildman–Crippen MR) is 133 cm³/mol. The van der Waals surface area contributed by atoms with Gasteiger partial charge in [0, 0.05) is 43.6 Å². The van der Waals surface area contributed by atoms with Crippen LogP contribution in [-0.2, 0) is 9.53 Å². The minimum atomic E-state index is -0.879. The number of aliphatic hydroxyl groups excluding tert-OH is 1. The third kappa shape index (κ3) is 6.68. The molecule has 9 nitrogen and oxygen atoms in total. The first-order valence-corrected chi connectivity index (χ1v) is 11.2. The molecule has 0 aliphatic carbocycles. The molecular weight excluding hydrogens is 448 g/mol. The molecule has 1 atom stereocenters. The number of esters is 1. The average Bonchev–Trinajstić information content (AvgIpc) is 3.29. The Hall–Kier alpha value is -4.16. The lowest BCUT2D eigenvalue weighted by atomic mass is 10.1.